The van der Waals surface area contributed by atoms with Gasteiger partial charge in [-0.1, -0.05) is 48.5 Å². The minimum absolute atomic E-state index is 0.0645. The number of hydrogen-bond acceptors (Lipinski definition) is 9. The van der Waals surface area contributed by atoms with Crippen LogP contribution < -0.4 is 25.5 Å². The molecule has 0 unspecified atom stereocenters. The molecule has 10 nitrogen and oxygen atoms in total. The number of aromatic nitrogens is 2. The molecule has 0 spiro atoms. The van der Waals surface area contributed by atoms with Crippen LogP contribution in [0.3, 0.4) is 0 Å². The Morgan fingerprint density at radius 3 is 2.35 bits per heavy atom. The molecule has 1 amide bonds. The second-order valence-corrected chi connectivity index (χ2v) is 17.5. The third kappa shape index (κ3) is 7.31. The third-order valence-electron chi connectivity index (χ3n) is 11.9. The van der Waals surface area contributed by atoms with Gasteiger partial charge in [0, 0.05) is 52.4 Å². The number of amides is 1. The first-order valence-corrected chi connectivity index (χ1v) is 22.3. The molecule has 0 bridgehead atoms. The van der Waals surface area contributed by atoms with E-state index < -0.39 is 17.5 Å². The van der Waals surface area contributed by atoms with Crippen molar-refractivity contribution < 1.29 is 23.4 Å². The van der Waals surface area contributed by atoms with E-state index in [1.165, 1.54) is 40.7 Å². The van der Waals surface area contributed by atoms with E-state index in [4.69, 9.17) is 19.2 Å². The Bertz CT molecular complexity index is 2740. The van der Waals surface area contributed by atoms with Crippen LogP contribution in [0, 0.1) is 5.82 Å². The van der Waals surface area contributed by atoms with E-state index in [9.17, 15) is 18.8 Å². The first-order chi connectivity index (χ1) is 29.3. The predicted octanol–water partition coefficient (Wildman–Crippen LogP) is 8.41. The summed E-state index contributed by atoms with van der Waals surface area (Å²) >= 11 is 3.31. The van der Waals surface area contributed by atoms with E-state index in [-0.39, 0.29) is 29.8 Å². The smallest absolute Gasteiger partial charge is 0.332 e. The molecular weight excluding hydrogens is 800 g/mol. The van der Waals surface area contributed by atoms with Gasteiger partial charge in [0.15, 0.2) is 23.1 Å². The Hall–Kier alpha value is -5.66. The van der Waals surface area contributed by atoms with Gasteiger partial charge in [-0.05, 0) is 91.1 Å². The Morgan fingerprint density at radius 2 is 1.63 bits per heavy atom. The zero-order chi connectivity index (χ0) is 41.5. The van der Waals surface area contributed by atoms with Gasteiger partial charge in [-0.25, -0.2) is 9.18 Å². The molecule has 0 radical (unpaired) electrons. The fourth-order valence-electron chi connectivity index (χ4n) is 8.81. The van der Waals surface area contributed by atoms with Crippen molar-refractivity contribution in [2.24, 2.45) is 4.99 Å². The van der Waals surface area contributed by atoms with Crippen LogP contribution in [-0.4, -0.2) is 77.1 Å². The second-order valence-electron chi connectivity index (χ2n) is 15.3. The minimum atomic E-state index is -0.531. The Labute approximate surface area is 355 Å². The van der Waals surface area contributed by atoms with Crippen molar-refractivity contribution in [2.45, 2.75) is 50.7 Å². The van der Waals surface area contributed by atoms with Crippen LogP contribution in [0.4, 0.5) is 4.39 Å². The first kappa shape index (κ1) is 39.8. The molecule has 2 aromatic heterocycles. The van der Waals surface area contributed by atoms with Crippen molar-refractivity contribution in [1.29, 1.82) is 0 Å². The molecule has 60 heavy (non-hydrogen) atoms. The SMILES string of the molecule is CCOc1cc2c(cc1OC)C(c1ccc(C(=O)N3CCC(n4c(=O)c5sc(-c6ccccc6)cc5n(Cc5ccc(OC)c(F)c5)c4=O)CC3)cc1)=N[C@@H]1CCSC[C@H]21. The normalized spacial score (nSPS) is 17.8. The van der Waals surface area contributed by atoms with E-state index in [1.807, 2.05) is 85.4 Å². The molecule has 308 valence electrons. The topological polar surface area (TPSA) is 104 Å². The van der Waals surface area contributed by atoms with E-state index >= 15 is 0 Å². The van der Waals surface area contributed by atoms with Crippen LogP contribution in [0.2, 0.25) is 0 Å². The fourth-order valence-corrected chi connectivity index (χ4v) is 11.1. The number of carbonyl (C=O) groups excluding carboxylic acids is 1. The van der Waals surface area contributed by atoms with Crippen molar-refractivity contribution in [3.63, 3.8) is 0 Å². The number of halogens is 1. The average molecular weight is 845 g/mol. The number of methoxy groups -OCH3 is 2. The predicted molar refractivity (Wildman–Crippen MR) is 237 cm³/mol. The van der Waals surface area contributed by atoms with Crippen LogP contribution in [0.25, 0.3) is 20.7 Å². The minimum Gasteiger partial charge on any atom is -0.494 e. The summed E-state index contributed by atoms with van der Waals surface area (Å²) in [4.78, 5) is 50.6. The lowest BCUT2D eigenvalue weighted by Gasteiger charge is -2.35. The molecule has 9 rings (SSSR count). The van der Waals surface area contributed by atoms with Gasteiger partial charge >= 0.3 is 5.69 Å². The first-order valence-electron chi connectivity index (χ1n) is 20.3. The van der Waals surface area contributed by atoms with Gasteiger partial charge in [0.25, 0.3) is 11.5 Å². The standard InChI is InChI=1S/C47H45FN4O6S2/c1-4-58-41-23-33-34(24-40(41)57-3)43(49-37-18-21-59-27-35(33)37)30-11-13-31(14-12-30)45(53)50-19-16-32(17-20-50)52-46(54)44-38(25-42(60-44)29-8-6-5-7-9-29)51(47(52)55)26-28-10-15-39(56-2)36(48)22-28/h5-15,22-25,32,35,37H,4,16-21,26-27H2,1-3H3/t35-,37-/m1/s1. The van der Waals surface area contributed by atoms with Crippen LogP contribution in [0.5, 0.6) is 17.2 Å². The molecule has 0 N–H and O–H groups in total. The second kappa shape index (κ2) is 16.8. The number of piperidine rings is 1. The molecule has 4 aromatic carbocycles. The van der Waals surface area contributed by atoms with Crippen molar-refractivity contribution in [1.82, 2.24) is 14.0 Å². The number of fused-ring (bicyclic) bond motifs is 4. The number of benzene rings is 4. The summed E-state index contributed by atoms with van der Waals surface area (Å²) in [6.45, 7) is 3.33. The highest BCUT2D eigenvalue weighted by Crippen LogP contribution is 2.44. The van der Waals surface area contributed by atoms with Crippen LogP contribution >= 0.6 is 23.1 Å². The molecule has 0 aliphatic carbocycles. The Morgan fingerprint density at radius 1 is 0.867 bits per heavy atom. The summed E-state index contributed by atoms with van der Waals surface area (Å²) in [5.41, 5.74) is 5.83. The summed E-state index contributed by atoms with van der Waals surface area (Å²) in [7, 11) is 3.05. The summed E-state index contributed by atoms with van der Waals surface area (Å²) in [5, 5.41) is 0. The summed E-state index contributed by atoms with van der Waals surface area (Å²) in [5.74, 6) is 3.25. The molecule has 2 fully saturated rings. The van der Waals surface area contributed by atoms with Gasteiger partial charge in [0.2, 0.25) is 0 Å². The van der Waals surface area contributed by atoms with Crippen molar-refractivity contribution in [2.75, 3.05) is 45.4 Å². The highest BCUT2D eigenvalue weighted by Gasteiger charge is 2.35. The number of hydrogen-bond donors (Lipinski definition) is 0. The van der Waals surface area contributed by atoms with E-state index in [1.54, 1.807) is 22.6 Å². The Balaban J connectivity index is 0.973. The number of ether oxygens (including phenoxy) is 3. The quantitative estimate of drug-likeness (QED) is 0.137. The van der Waals surface area contributed by atoms with Crippen molar-refractivity contribution >= 4 is 44.9 Å². The van der Waals surface area contributed by atoms with Gasteiger partial charge in [-0.15, -0.1) is 11.3 Å². The highest BCUT2D eigenvalue weighted by atomic mass is 32.2. The zero-order valence-electron chi connectivity index (χ0n) is 33.7. The maximum atomic E-state index is 14.8. The van der Waals surface area contributed by atoms with Crippen LogP contribution in [-0.2, 0) is 6.54 Å². The van der Waals surface area contributed by atoms with Gasteiger partial charge in [0.1, 0.15) is 4.70 Å². The fraction of sp³-hybridized carbons (Fsp3) is 0.319. The number of carbonyl (C=O) groups is 1. The molecule has 0 saturated carbocycles. The maximum Gasteiger partial charge on any atom is 0.332 e. The molecule has 5 heterocycles. The summed E-state index contributed by atoms with van der Waals surface area (Å²) in [6, 6.07) is 27.8. The number of rotatable bonds is 10. The molecule has 3 aliphatic heterocycles. The molecule has 2 saturated heterocycles. The molecule has 13 heteroatoms. The number of aliphatic imine (C=N–C) groups is 1. The number of thiophene rings is 1. The number of thioether (sulfide) groups is 1. The number of nitrogens with zero attached hydrogens (tertiary/aromatic N) is 4. The summed E-state index contributed by atoms with van der Waals surface area (Å²) in [6.07, 6.45) is 1.86. The van der Waals surface area contributed by atoms with Crippen LogP contribution in [0.15, 0.2) is 106 Å². The molecular formula is C47H45FN4O6S2. The maximum absolute atomic E-state index is 14.8. The monoisotopic (exact) mass is 844 g/mol. The van der Waals surface area contributed by atoms with Crippen molar-refractivity contribution in [3.05, 3.63) is 145 Å². The lowest BCUT2D eigenvalue weighted by atomic mass is 9.81. The van der Waals surface area contributed by atoms with Crippen molar-refractivity contribution in [3.8, 4) is 27.7 Å². The highest BCUT2D eigenvalue weighted by molar-refractivity contribution is 7.99. The van der Waals surface area contributed by atoms with E-state index in [0.29, 0.717) is 65.5 Å². The van der Waals surface area contributed by atoms with E-state index in [2.05, 4.69) is 6.07 Å². The zero-order valence-corrected chi connectivity index (χ0v) is 35.3. The molecule has 6 aromatic rings. The molecule has 2 atom stereocenters. The lowest BCUT2D eigenvalue weighted by Crippen LogP contribution is -2.46. The van der Waals surface area contributed by atoms with Gasteiger partial charge in [-0.3, -0.25) is 23.7 Å². The average Bonchev–Trinajstić information content (AvgIpc) is 3.74. The largest absolute Gasteiger partial charge is 0.494 e. The molecule has 3 aliphatic rings. The summed E-state index contributed by atoms with van der Waals surface area (Å²) < 4.78 is 35.0. The number of likely N-dealkylation sites (tertiary alicyclic amines) is 1. The van der Waals surface area contributed by atoms with Crippen LogP contribution in [0.1, 0.15) is 70.8 Å². The van der Waals surface area contributed by atoms with E-state index in [0.717, 1.165) is 51.0 Å². The Kier molecular flexibility index (Phi) is 11.1. The van der Waals surface area contributed by atoms with Gasteiger partial charge in [0.05, 0.1) is 44.6 Å². The van der Waals surface area contributed by atoms with Gasteiger partial charge in [-0.2, -0.15) is 11.8 Å². The lowest BCUT2D eigenvalue weighted by molar-refractivity contribution is 0.0691. The van der Waals surface area contributed by atoms with Gasteiger partial charge < -0.3 is 19.1 Å². The third-order valence-corrected chi connectivity index (χ3v) is 14.2.